The van der Waals surface area contributed by atoms with Crippen LogP contribution in [-0.2, 0) is 0 Å². The van der Waals surface area contributed by atoms with Crippen molar-refractivity contribution >= 4 is 0 Å². The molecule has 15 unspecified atom stereocenters. The lowest BCUT2D eigenvalue weighted by Gasteiger charge is -2.84. The molecule has 5 spiro atoms. The number of rotatable bonds is 0. The minimum absolute atomic E-state index is 1.03. The van der Waals surface area contributed by atoms with Gasteiger partial charge in [0.2, 0.25) is 0 Å². The first-order valence-corrected chi connectivity index (χ1v) is 9.88. The largest absolute Gasteiger partial charge is 0.0461 e. The predicted octanol–water partition coefficient (Wildman–Crippen LogP) is 3.18. The summed E-state index contributed by atoms with van der Waals surface area (Å²) in [7, 11) is 0. The summed E-state index contributed by atoms with van der Waals surface area (Å²) in [5.41, 5.74) is 5.21. The first-order chi connectivity index (χ1) is 9.88. The Morgan fingerprint density at radius 3 is 2.35 bits per heavy atom. The summed E-state index contributed by atoms with van der Waals surface area (Å²) in [5, 5.41) is 0. The molecule has 12 saturated carbocycles. The Labute approximate surface area is 119 Å². The van der Waals surface area contributed by atoms with E-state index in [1.807, 2.05) is 0 Å². The summed E-state index contributed by atoms with van der Waals surface area (Å²) in [4.78, 5) is 0. The van der Waals surface area contributed by atoms with Crippen LogP contribution in [0.3, 0.4) is 0 Å². The molecule has 20 heavy (non-hydrogen) atoms. The van der Waals surface area contributed by atoms with E-state index in [0.29, 0.717) is 0 Å². The van der Waals surface area contributed by atoms with Crippen molar-refractivity contribution in [2.24, 2.45) is 86.3 Å². The van der Waals surface area contributed by atoms with Crippen molar-refractivity contribution in [3.8, 4) is 0 Å². The normalized spacial score (nSPS) is 108. The monoisotopic (exact) mass is 260 g/mol. The summed E-state index contributed by atoms with van der Waals surface area (Å²) in [5.74, 6) is 13.0. The molecule has 0 nitrogen and oxygen atoms in total. The quantitative estimate of drug-likeness (QED) is 0.627. The highest BCUT2D eigenvalue weighted by Gasteiger charge is 3.24. The lowest BCUT2D eigenvalue weighted by molar-refractivity contribution is -0.389. The molecule has 12 rings (SSSR count). The van der Waals surface area contributed by atoms with Gasteiger partial charge in [0.05, 0.1) is 0 Å². The zero-order valence-electron chi connectivity index (χ0n) is 11.8. The van der Waals surface area contributed by atoms with Crippen molar-refractivity contribution in [2.45, 2.75) is 32.1 Å². The maximum atomic E-state index is 1.77. The van der Waals surface area contributed by atoms with E-state index >= 15 is 0 Å². The highest BCUT2D eigenvalue weighted by Crippen LogP contribution is 3.27. The van der Waals surface area contributed by atoms with Gasteiger partial charge in [-0.05, 0) is 118 Å². The van der Waals surface area contributed by atoms with Gasteiger partial charge < -0.3 is 0 Å². The second-order valence-corrected chi connectivity index (χ2v) is 11.6. The molecule has 0 radical (unpaired) electrons. The van der Waals surface area contributed by atoms with Crippen LogP contribution in [-0.4, -0.2) is 0 Å². The summed E-state index contributed by atoms with van der Waals surface area (Å²) in [6.07, 6.45) is 8.84. The smallest absolute Gasteiger partial charge is 0.00685 e. The molecule has 0 saturated heterocycles. The van der Waals surface area contributed by atoms with Gasteiger partial charge in [0.15, 0.2) is 0 Å². The van der Waals surface area contributed by atoms with Crippen LogP contribution in [0.5, 0.6) is 0 Å². The number of hydrogen-bond acceptors (Lipinski definition) is 0. The Balaban J connectivity index is 1.57. The molecule has 0 heteroatoms. The maximum absolute atomic E-state index is 1.77. The lowest BCUT2D eigenvalue weighted by atomic mass is 9.19. The SMILES string of the molecule is C1C2C3CC1C14C5CC6C7C5C5CC7C7(C28CC8C517)C634. The molecular formula is C20H20. The minimum Gasteiger partial charge on any atom is -0.0461 e. The molecule has 0 aromatic carbocycles. The van der Waals surface area contributed by atoms with Crippen molar-refractivity contribution in [1.29, 1.82) is 0 Å². The minimum atomic E-state index is 1.03. The fourth-order valence-corrected chi connectivity index (χ4v) is 16.6. The van der Waals surface area contributed by atoms with E-state index in [2.05, 4.69) is 0 Å². The van der Waals surface area contributed by atoms with Gasteiger partial charge in [-0.1, -0.05) is 0 Å². The Kier molecular flexibility index (Phi) is 0.584. The fourth-order valence-electron chi connectivity index (χ4n) is 16.6. The molecule has 0 aliphatic heterocycles. The molecule has 0 heterocycles. The predicted molar refractivity (Wildman–Crippen MR) is 70.2 cm³/mol. The Hall–Kier alpha value is 0. The topological polar surface area (TPSA) is 0 Å². The summed E-state index contributed by atoms with van der Waals surface area (Å²) in [6, 6.07) is 0. The van der Waals surface area contributed by atoms with Gasteiger partial charge in [-0.25, -0.2) is 0 Å². The number of hydrogen-bond donors (Lipinski definition) is 0. The molecular weight excluding hydrogens is 240 g/mol. The van der Waals surface area contributed by atoms with Crippen LogP contribution >= 0.6 is 0 Å². The van der Waals surface area contributed by atoms with Crippen molar-refractivity contribution in [1.82, 2.24) is 0 Å². The van der Waals surface area contributed by atoms with E-state index < -0.39 is 0 Å². The fraction of sp³-hybridized carbons (Fsp3) is 1.00. The van der Waals surface area contributed by atoms with Gasteiger partial charge >= 0.3 is 0 Å². The third kappa shape index (κ3) is 0.258. The van der Waals surface area contributed by atoms with Gasteiger partial charge in [0.1, 0.15) is 0 Å². The van der Waals surface area contributed by atoms with Gasteiger partial charge in [0, 0.05) is 0 Å². The summed E-state index contributed by atoms with van der Waals surface area (Å²) < 4.78 is 0. The van der Waals surface area contributed by atoms with Gasteiger partial charge in [-0.15, -0.1) is 0 Å². The van der Waals surface area contributed by atoms with Crippen molar-refractivity contribution in [2.75, 3.05) is 0 Å². The molecule has 0 aromatic heterocycles. The highest BCUT2D eigenvalue weighted by molar-refractivity contribution is 5.70. The Bertz CT molecular complexity index is 743. The first-order valence-electron chi connectivity index (χ1n) is 9.88. The summed E-state index contributed by atoms with van der Waals surface area (Å²) in [6.45, 7) is 0. The molecule has 0 N–H and O–H groups in total. The maximum Gasteiger partial charge on any atom is -0.00685 e. The molecule has 12 aliphatic rings. The first kappa shape index (κ1) is 8.02. The van der Waals surface area contributed by atoms with Crippen molar-refractivity contribution < 1.29 is 0 Å². The van der Waals surface area contributed by atoms with E-state index in [1.165, 1.54) is 59.2 Å². The molecule has 12 aliphatic carbocycles. The van der Waals surface area contributed by atoms with Crippen LogP contribution in [0.15, 0.2) is 0 Å². The second kappa shape index (κ2) is 1.46. The zero-order chi connectivity index (χ0) is 11.8. The molecule has 6 bridgehead atoms. The van der Waals surface area contributed by atoms with Crippen LogP contribution < -0.4 is 0 Å². The van der Waals surface area contributed by atoms with E-state index in [4.69, 9.17) is 0 Å². The standard InChI is InChI=1S/C20H20/c1-6-2-8-7(1)16-5-13(16)19-11-4-12-15-10-3-9(14(11)15)17(6,19)18(8,10)20(12,16)19/h6-15H,1-5H2. The van der Waals surface area contributed by atoms with E-state index in [-0.39, 0.29) is 0 Å². The Morgan fingerprint density at radius 2 is 1.35 bits per heavy atom. The van der Waals surface area contributed by atoms with Crippen LogP contribution in [0.1, 0.15) is 32.1 Å². The van der Waals surface area contributed by atoms with Crippen LogP contribution in [0.25, 0.3) is 0 Å². The average Bonchev–Trinajstić information content (AvgIpc) is 2.94. The highest BCUT2D eigenvalue weighted by atomic mass is 15.3. The van der Waals surface area contributed by atoms with Gasteiger partial charge in [-0.3, -0.25) is 0 Å². The molecule has 12 fully saturated rings. The molecule has 15 atom stereocenters. The average molecular weight is 260 g/mol. The van der Waals surface area contributed by atoms with Gasteiger partial charge in [-0.2, -0.15) is 0 Å². The lowest BCUT2D eigenvalue weighted by Crippen LogP contribution is -2.82. The van der Waals surface area contributed by atoms with Gasteiger partial charge in [0.25, 0.3) is 0 Å². The van der Waals surface area contributed by atoms with Crippen LogP contribution in [0.4, 0.5) is 0 Å². The molecule has 0 amide bonds. The molecule has 0 aromatic rings. The van der Waals surface area contributed by atoms with Crippen LogP contribution in [0.2, 0.25) is 0 Å². The Morgan fingerprint density at radius 1 is 0.600 bits per heavy atom. The summed E-state index contributed by atoms with van der Waals surface area (Å²) >= 11 is 0. The third-order valence-electron chi connectivity index (χ3n) is 14.0. The molecule has 100 valence electrons. The van der Waals surface area contributed by atoms with Crippen molar-refractivity contribution in [3.63, 3.8) is 0 Å². The van der Waals surface area contributed by atoms with E-state index in [1.54, 1.807) is 32.1 Å². The zero-order valence-corrected chi connectivity index (χ0v) is 11.8. The number of fused-ring (bicyclic) bond motifs is 1. The second-order valence-electron chi connectivity index (χ2n) is 11.6. The van der Waals surface area contributed by atoms with Crippen molar-refractivity contribution in [3.05, 3.63) is 0 Å². The van der Waals surface area contributed by atoms with Crippen LogP contribution in [0, 0.1) is 86.3 Å². The third-order valence-corrected chi connectivity index (χ3v) is 14.0. The van der Waals surface area contributed by atoms with E-state index in [9.17, 15) is 0 Å². The van der Waals surface area contributed by atoms with E-state index in [0.717, 1.165) is 27.1 Å².